The number of nitrogens with one attached hydrogen (secondary N) is 1. The summed E-state index contributed by atoms with van der Waals surface area (Å²) in [6.07, 6.45) is 2.58. The Morgan fingerprint density at radius 2 is 2.29 bits per heavy atom. The van der Waals surface area contributed by atoms with E-state index in [-0.39, 0.29) is 6.04 Å². The van der Waals surface area contributed by atoms with Crippen molar-refractivity contribution in [3.63, 3.8) is 0 Å². The summed E-state index contributed by atoms with van der Waals surface area (Å²) in [6, 6.07) is 4.04. The predicted molar refractivity (Wildman–Crippen MR) is 69.6 cm³/mol. The molecule has 0 amide bonds. The van der Waals surface area contributed by atoms with Crippen LogP contribution in [0.1, 0.15) is 28.0 Å². The Labute approximate surface area is 105 Å². The zero-order valence-electron chi connectivity index (χ0n) is 9.97. The smallest absolute Gasteiger partial charge is 0.0947 e. The number of thiazole rings is 1. The van der Waals surface area contributed by atoms with Gasteiger partial charge in [0.25, 0.3) is 0 Å². The first-order valence-corrected chi connectivity index (χ1v) is 6.37. The Hall–Kier alpha value is -1.30. The molecule has 1 atom stereocenters. The summed E-state index contributed by atoms with van der Waals surface area (Å²) in [5.74, 6) is 5.63. The summed E-state index contributed by atoms with van der Waals surface area (Å²) in [6.45, 7) is 3.99. The van der Waals surface area contributed by atoms with E-state index in [9.17, 15) is 0 Å². The van der Waals surface area contributed by atoms with Crippen molar-refractivity contribution in [2.24, 2.45) is 5.84 Å². The molecule has 0 bridgehead atoms. The van der Waals surface area contributed by atoms with E-state index in [1.807, 2.05) is 26.0 Å². The molecule has 2 rings (SSSR count). The van der Waals surface area contributed by atoms with E-state index in [0.29, 0.717) is 0 Å². The lowest BCUT2D eigenvalue weighted by Gasteiger charge is -2.16. The van der Waals surface area contributed by atoms with Crippen molar-refractivity contribution >= 4 is 11.3 Å². The number of aromatic nitrogens is 2. The molecule has 3 N–H and O–H groups in total. The van der Waals surface area contributed by atoms with Crippen LogP contribution in [0.25, 0.3) is 0 Å². The molecule has 17 heavy (non-hydrogen) atoms. The van der Waals surface area contributed by atoms with Crippen molar-refractivity contribution in [1.82, 2.24) is 15.4 Å². The standard InChI is InChI=1S/C12H16N4S/c1-8-7-17-12(15-8)6-11(16-13)10-4-3-5-14-9(10)2/h3-5,7,11,16H,6,13H2,1-2H3. The van der Waals surface area contributed by atoms with Gasteiger partial charge in [0.1, 0.15) is 0 Å². The van der Waals surface area contributed by atoms with Gasteiger partial charge in [0.2, 0.25) is 0 Å². The number of nitrogens with zero attached hydrogens (tertiary/aromatic N) is 2. The Morgan fingerprint density at radius 1 is 1.47 bits per heavy atom. The monoisotopic (exact) mass is 248 g/mol. The molecule has 5 heteroatoms. The van der Waals surface area contributed by atoms with E-state index >= 15 is 0 Å². The van der Waals surface area contributed by atoms with Crippen LogP contribution in [-0.4, -0.2) is 9.97 Å². The van der Waals surface area contributed by atoms with Gasteiger partial charge in [-0.1, -0.05) is 6.07 Å². The van der Waals surface area contributed by atoms with E-state index in [1.165, 1.54) is 0 Å². The lowest BCUT2D eigenvalue weighted by atomic mass is 10.0. The minimum Gasteiger partial charge on any atom is -0.271 e. The van der Waals surface area contributed by atoms with E-state index in [4.69, 9.17) is 5.84 Å². The SMILES string of the molecule is Cc1csc(CC(NN)c2cccnc2C)n1. The second-order valence-electron chi connectivity index (χ2n) is 3.98. The first-order valence-electron chi connectivity index (χ1n) is 5.49. The van der Waals surface area contributed by atoms with Gasteiger partial charge in [-0.05, 0) is 25.5 Å². The number of nitrogens with two attached hydrogens (primary N) is 1. The van der Waals surface area contributed by atoms with Crippen molar-refractivity contribution in [3.8, 4) is 0 Å². The van der Waals surface area contributed by atoms with Crippen LogP contribution < -0.4 is 11.3 Å². The summed E-state index contributed by atoms with van der Waals surface area (Å²) in [5.41, 5.74) is 6.03. The van der Waals surface area contributed by atoms with Gasteiger partial charge in [0.05, 0.1) is 11.0 Å². The summed E-state index contributed by atoms with van der Waals surface area (Å²) in [5, 5.41) is 3.15. The number of rotatable bonds is 4. The molecule has 0 aliphatic heterocycles. The highest BCUT2D eigenvalue weighted by Crippen LogP contribution is 2.21. The van der Waals surface area contributed by atoms with Crippen LogP contribution >= 0.6 is 11.3 Å². The van der Waals surface area contributed by atoms with E-state index in [1.54, 1.807) is 17.5 Å². The maximum Gasteiger partial charge on any atom is 0.0947 e. The molecule has 1 unspecified atom stereocenters. The van der Waals surface area contributed by atoms with Crippen LogP contribution in [0.5, 0.6) is 0 Å². The molecule has 0 fully saturated rings. The Balaban J connectivity index is 2.20. The summed E-state index contributed by atoms with van der Waals surface area (Å²) >= 11 is 1.67. The third kappa shape index (κ3) is 2.88. The topological polar surface area (TPSA) is 63.8 Å². The molecule has 2 heterocycles. The highest BCUT2D eigenvalue weighted by Gasteiger charge is 2.14. The van der Waals surface area contributed by atoms with Crippen molar-refractivity contribution < 1.29 is 0 Å². The highest BCUT2D eigenvalue weighted by molar-refractivity contribution is 7.09. The van der Waals surface area contributed by atoms with Gasteiger partial charge < -0.3 is 0 Å². The number of hydrazine groups is 1. The fourth-order valence-corrected chi connectivity index (χ4v) is 2.61. The maximum absolute atomic E-state index is 5.63. The van der Waals surface area contributed by atoms with Crippen molar-refractivity contribution in [2.75, 3.05) is 0 Å². The summed E-state index contributed by atoms with van der Waals surface area (Å²) in [4.78, 5) is 8.74. The van der Waals surface area contributed by atoms with Gasteiger partial charge in [0.15, 0.2) is 0 Å². The zero-order valence-corrected chi connectivity index (χ0v) is 10.8. The second-order valence-corrected chi connectivity index (χ2v) is 4.93. The molecule has 0 saturated carbocycles. The molecule has 0 aliphatic rings. The quantitative estimate of drug-likeness (QED) is 0.641. The Kier molecular flexibility index (Phi) is 3.83. The van der Waals surface area contributed by atoms with Crippen molar-refractivity contribution in [1.29, 1.82) is 0 Å². The predicted octanol–water partition coefficient (Wildman–Crippen LogP) is 1.90. The largest absolute Gasteiger partial charge is 0.271 e. The van der Waals surface area contributed by atoms with Gasteiger partial charge in [-0.25, -0.2) is 4.98 Å². The first-order chi connectivity index (χ1) is 8.20. The molecule has 90 valence electrons. The third-order valence-electron chi connectivity index (χ3n) is 2.67. The number of aryl methyl sites for hydroxylation is 2. The third-order valence-corrected chi connectivity index (χ3v) is 3.66. The van der Waals surface area contributed by atoms with Crippen LogP contribution in [-0.2, 0) is 6.42 Å². The molecule has 0 radical (unpaired) electrons. The molecule has 2 aromatic rings. The first kappa shape index (κ1) is 12.2. The molecule has 4 nitrogen and oxygen atoms in total. The van der Waals surface area contributed by atoms with Gasteiger partial charge in [-0.2, -0.15) is 0 Å². The lowest BCUT2D eigenvalue weighted by molar-refractivity contribution is 0.545. The average Bonchev–Trinajstić information content (AvgIpc) is 2.73. The Morgan fingerprint density at radius 3 is 2.88 bits per heavy atom. The minimum atomic E-state index is 0.0641. The molecule has 0 saturated heterocycles. The van der Waals surface area contributed by atoms with E-state index in [0.717, 1.165) is 28.4 Å². The van der Waals surface area contributed by atoms with Crippen LogP contribution in [0.15, 0.2) is 23.7 Å². The fraction of sp³-hybridized carbons (Fsp3) is 0.333. The second kappa shape index (κ2) is 5.35. The van der Waals surface area contributed by atoms with Gasteiger partial charge in [-0.3, -0.25) is 16.3 Å². The molecule has 2 aromatic heterocycles. The van der Waals surface area contributed by atoms with Crippen LogP contribution in [0.2, 0.25) is 0 Å². The molecular weight excluding hydrogens is 232 g/mol. The zero-order chi connectivity index (χ0) is 12.3. The molecule has 0 aliphatic carbocycles. The summed E-state index contributed by atoms with van der Waals surface area (Å²) in [7, 11) is 0. The normalized spacial score (nSPS) is 12.6. The van der Waals surface area contributed by atoms with Gasteiger partial charge >= 0.3 is 0 Å². The molecule has 0 spiro atoms. The average molecular weight is 248 g/mol. The molecular formula is C12H16N4S. The fourth-order valence-electron chi connectivity index (χ4n) is 1.79. The van der Waals surface area contributed by atoms with Crippen LogP contribution in [0.3, 0.4) is 0 Å². The Bertz CT molecular complexity index is 495. The highest BCUT2D eigenvalue weighted by atomic mass is 32.1. The molecule has 0 aromatic carbocycles. The van der Waals surface area contributed by atoms with Crippen LogP contribution in [0, 0.1) is 13.8 Å². The number of hydrogen-bond acceptors (Lipinski definition) is 5. The van der Waals surface area contributed by atoms with E-state index in [2.05, 4.69) is 20.8 Å². The van der Waals surface area contributed by atoms with Crippen molar-refractivity contribution in [2.45, 2.75) is 26.3 Å². The number of pyridine rings is 1. The van der Waals surface area contributed by atoms with E-state index < -0.39 is 0 Å². The summed E-state index contributed by atoms with van der Waals surface area (Å²) < 4.78 is 0. The van der Waals surface area contributed by atoms with Gasteiger partial charge in [-0.15, -0.1) is 11.3 Å². The van der Waals surface area contributed by atoms with Gasteiger partial charge in [0, 0.05) is 29.4 Å². The number of hydrogen-bond donors (Lipinski definition) is 2. The lowest BCUT2D eigenvalue weighted by Crippen LogP contribution is -2.30. The minimum absolute atomic E-state index is 0.0641. The van der Waals surface area contributed by atoms with Crippen molar-refractivity contribution in [3.05, 3.63) is 45.7 Å². The maximum atomic E-state index is 5.63. The van der Waals surface area contributed by atoms with Crippen LogP contribution in [0.4, 0.5) is 0 Å².